The van der Waals surface area contributed by atoms with Gasteiger partial charge in [0.1, 0.15) is 4.88 Å². The number of ether oxygens (including phenoxy) is 1. The molecule has 0 spiro atoms. The summed E-state index contributed by atoms with van der Waals surface area (Å²) in [5, 5.41) is 9.34. The summed E-state index contributed by atoms with van der Waals surface area (Å²) in [6, 6.07) is 6.10. The highest BCUT2D eigenvalue weighted by Gasteiger charge is 2.16. The molecule has 0 bridgehead atoms. The highest BCUT2D eigenvalue weighted by atomic mass is 32.2. The maximum absolute atomic E-state index is 11.9. The van der Waals surface area contributed by atoms with Gasteiger partial charge in [0.15, 0.2) is 6.61 Å². The Balaban J connectivity index is 2.00. The fraction of sp³-hybridized carbons (Fsp3) is 0.200. The van der Waals surface area contributed by atoms with Gasteiger partial charge in [0.25, 0.3) is 5.91 Å². The predicted octanol–water partition coefficient (Wildman–Crippen LogP) is 1.81. The van der Waals surface area contributed by atoms with Crippen molar-refractivity contribution in [2.75, 3.05) is 11.9 Å². The van der Waals surface area contributed by atoms with Crippen molar-refractivity contribution in [1.29, 1.82) is 0 Å². The lowest BCUT2D eigenvalue weighted by atomic mass is 10.2. The number of hydrogen-bond donors (Lipinski definition) is 2. The second kappa shape index (κ2) is 7.12. The maximum Gasteiger partial charge on any atom is 0.349 e. The zero-order chi connectivity index (χ0) is 17.9. The van der Waals surface area contributed by atoms with Crippen LogP contribution in [-0.2, 0) is 19.6 Å². The summed E-state index contributed by atoms with van der Waals surface area (Å²) in [7, 11) is -3.89. The number of hydrogen-bond acceptors (Lipinski definition) is 6. The minimum atomic E-state index is -3.89. The van der Waals surface area contributed by atoms with Gasteiger partial charge in [0.05, 0.1) is 4.90 Å². The number of sulfonamides is 1. The summed E-state index contributed by atoms with van der Waals surface area (Å²) in [6.45, 7) is 2.89. The van der Waals surface area contributed by atoms with Crippen molar-refractivity contribution in [1.82, 2.24) is 0 Å². The number of rotatable bonds is 5. The quantitative estimate of drug-likeness (QED) is 0.781. The van der Waals surface area contributed by atoms with Crippen molar-refractivity contribution in [3.8, 4) is 0 Å². The average molecular weight is 368 g/mol. The molecule has 0 radical (unpaired) electrons. The molecular weight excluding hydrogens is 352 g/mol. The molecule has 0 fully saturated rings. The Bertz CT molecular complexity index is 887. The molecule has 0 saturated heterocycles. The lowest BCUT2D eigenvalue weighted by Gasteiger charge is -2.09. The Morgan fingerprint density at radius 3 is 2.50 bits per heavy atom. The fourth-order valence-electron chi connectivity index (χ4n) is 1.96. The van der Waals surface area contributed by atoms with Crippen LogP contribution in [-0.4, -0.2) is 26.9 Å². The van der Waals surface area contributed by atoms with E-state index < -0.39 is 28.5 Å². The number of thiophene rings is 1. The number of nitrogens with two attached hydrogens (primary N) is 1. The molecule has 1 aromatic heterocycles. The third kappa shape index (κ3) is 4.40. The van der Waals surface area contributed by atoms with E-state index in [1.807, 2.05) is 0 Å². The smallest absolute Gasteiger partial charge is 0.349 e. The molecule has 9 heteroatoms. The number of benzene rings is 1. The van der Waals surface area contributed by atoms with E-state index >= 15 is 0 Å². The molecular formula is C15H16N2O5S2. The number of nitrogens with one attached hydrogen (secondary N) is 1. The predicted molar refractivity (Wildman–Crippen MR) is 90.5 cm³/mol. The highest BCUT2D eigenvalue weighted by molar-refractivity contribution is 7.89. The van der Waals surface area contributed by atoms with Crippen LogP contribution in [0.4, 0.5) is 5.69 Å². The van der Waals surface area contributed by atoms with Crippen LogP contribution >= 0.6 is 11.3 Å². The number of carbonyl (C=O) groups excluding carboxylic acids is 2. The van der Waals surface area contributed by atoms with Gasteiger partial charge in [-0.2, -0.15) is 0 Å². The Labute approximate surface area is 143 Å². The molecule has 1 amide bonds. The molecule has 3 N–H and O–H groups in total. The lowest BCUT2D eigenvalue weighted by molar-refractivity contribution is -0.119. The van der Waals surface area contributed by atoms with E-state index in [-0.39, 0.29) is 10.6 Å². The first-order valence-electron chi connectivity index (χ1n) is 6.83. The lowest BCUT2D eigenvalue weighted by Crippen LogP contribution is -2.21. The van der Waals surface area contributed by atoms with Crippen LogP contribution in [0, 0.1) is 13.8 Å². The van der Waals surface area contributed by atoms with Crippen molar-refractivity contribution in [2.45, 2.75) is 18.7 Å². The van der Waals surface area contributed by atoms with Crippen LogP contribution in [0.3, 0.4) is 0 Å². The van der Waals surface area contributed by atoms with E-state index in [4.69, 9.17) is 9.88 Å². The SMILES string of the molecule is Cc1ccc(NC(=O)COC(=O)c2sccc2C)cc1S(N)(=O)=O. The van der Waals surface area contributed by atoms with E-state index in [0.29, 0.717) is 10.4 Å². The van der Waals surface area contributed by atoms with Gasteiger partial charge < -0.3 is 10.1 Å². The molecule has 0 unspecified atom stereocenters. The topological polar surface area (TPSA) is 116 Å². The summed E-state index contributed by atoms with van der Waals surface area (Å²) in [5.74, 6) is -1.16. The first-order valence-corrected chi connectivity index (χ1v) is 9.25. The number of esters is 1. The molecule has 0 aliphatic heterocycles. The molecule has 24 heavy (non-hydrogen) atoms. The van der Waals surface area contributed by atoms with Crippen LogP contribution in [0.15, 0.2) is 34.5 Å². The van der Waals surface area contributed by atoms with E-state index in [9.17, 15) is 18.0 Å². The van der Waals surface area contributed by atoms with Crippen LogP contribution in [0.1, 0.15) is 20.8 Å². The Morgan fingerprint density at radius 2 is 1.92 bits per heavy atom. The van der Waals surface area contributed by atoms with Crippen molar-refractivity contribution < 1.29 is 22.7 Å². The Hall–Kier alpha value is -2.23. The minimum Gasteiger partial charge on any atom is -0.451 e. The molecule has 1 heterocycles. The first-order chi connectivity index (χ1) is 11.2. The van der Waals surface area contributed by atoms with Crippen molar-refractivity contribution in [2.24, 2.45) is 5.14 Å². The third-order valence-corrected chi connectivity index (χ3v) is 5.21. The number of aryl methyl sites for hydroxylation is 2. The van der Waals surface area contributed by atoms with Gasteiger partial charge in [-0.25, -0.2) is 18.4 Å². The van der Waals surface area contributed by atoms with Gasteiger partial charge in [-0.05, 0) is 48.6 Å². The Morgan fingerprint density at radius 1 is 1.21 bits per heavy atom. The number of primary sulfonamides is 1. The Kier molecular flexibility index (Phi) is 5.37. The van der Waals surface area contributed by atoms with Gasteiger partial charge in [0.2, 0.25) is 10.0 Å². The number of carbonyl (C=O) groups is 2. The zero-order valence-electron chi connectivity index (χ0n) is 13.0. The van der Waals surface area contributed by atoms with Gasteiger partial charge in [-0.3, -0.25) is 4.79 Å². The molecule has 2 aromatic rings. The maximum atomic E-state index is 11.9. The second-order valence-corrected chi connectivity index (χ2v) is 7.53. The number of anilines is 1. The summed E-state index contributed by atoms with van der Waals surface area (Å²) in [5.41, 5.74) is 1.50. The zero-order valence-corrected chi connectivity index (χ0v) is 14.7. The molecule has 0 aliphatic rings. The van der Waals surface area contributed by atoms with Crippen LogP contribution in [0.5, 0.6) is 0 Å². The van der Waals surface area contributed by atoms with Gasteiger partial charge in [0, 0.05) is 5.69 Å². The first kappa shape index (κ1) is 18.1. The number of amides is 1. The van der Waals surface area contributed by atoms with E-state index in [1.54, 1.807) is 25.3 Å². The summed E-state index contributed by atoms with van der Waals surface area (Å²) in [4.78, 5) is 24.0. The van der Waals surface area contributed by atoms with Crippen molar-refractivity contribution >= 4 is 38.9 Å². The normalized spacial score (nSPS) is 11.1. The third-order valence-electron chi connectivity index (χ3n) is 3.16. The largest absolute Gasteiger partial charge is 0.451 e. The van der Waals surface area contributed by atoms with Crippen molar-refractivity contribution in [3.05, 3.63) is 45.6 Å². The van der Waals surface area contributed by atoms with Gasteiger partial charge in [-0.15, -0.1) is 11.3 Å². The molecule has 1 aromatic carbocycles. The molecule has 2 rings (SSSR count). The molecule has 0 aliphatic carbocycles. The molecule has 7 nitrogen and oxygen atoms in total. The van der Waals surface area contributed by atoms with E-state index in [0.717, 1.165) is 5.56 Å². The van der Waals surface area contributed by atoms with Gasteiger partial charge >= 0.3 is 5.97 Å². The van der Waals surface area contributed by atoms with Crippen LogP contribution in [0.25, 0.3) is 0 Å². The molecule has 0 saturated carbocycles. The van der Waals surface area contributed by atoms with Gasteiger partial charge in [-0.1, -0.05) is 6.07 Å². The fourth-order valence-corrected chi connectivity index (χ4v) is 3.59. The van der Waals surface area contributed by atoms with E-state index in [1.165, 1.54) is 29.5 Å². The van der Waals surface area contributed by atoms with Crippen LogP contribution in [0.2, 0.25) is 0 Å². The standard InChI is InChI=1S/C15H16N2O5S2/c1-9-3-4-11(7-12(9)24(16,20)21)17-13(18)8-22-15(19)14-10(2)5-6-23-14/h3-7H,8H2,1-2H3,(H,17,18)(H2,16,20,21). The minimum absolute atomic E-state index is 0.0773. The van der Waals surface area contributed by atoms with E-state index in [2.05, 4.69) is 5.32 Å². The average Bonchev–Trinajstić information content (AvgIpc) is 2.92. The monoisotopic (exact) mass is 368 g/mol. The summed E-state index contributed by atoms with van der Waals surface area (Å²) >= 11 is 1.23. The molecule has 128 valence electrons. The molecule has 0 atom stereocenters. The highest BCUT2D eigenvalue weighted by Crippen LogP contribution is 2.19. The summed E-state index contributed by atoms with van der Waals surface area (Å²) in [6.07, 6.45) is 0. The second-order valence-electron chi connectivity index (χ2n) is 5.08. The van der Waals surface area contributed by atoms with Crippen molar-refractivity contribution in [3.63, 3.8) is 0 Å². The summed E-state index contributed by atoms with van der Waals surface area (Å²) < 4.78 is 27.9. The van der Waals surface area contributed by atoms with Crippen LogP contribution < -0.4 is 10.5 Å².